The standard InChI is InChI=1S/C10H15BrN2S/c1-2-13-4-3-8(12)10(13)9-5-7(11)6-14-9/h5-6,8,10H,2-4,12H2,1H3. The first kappa shape index (κ1) is 10.6. The summed E-state index contributed by atoms with van der Waals surface area (Å²) in [5.74, 6) is 0. The minimum Gasteiger partial charge on any atom is -0.326 e. The number of nitrogens with two attached hydrogens (primary N) is 1. The van der Waals surface area contributed by atoms with E-state index in [-0.39, 0.29) is 0 Å². The van der Waals surface area contributed by atoms with Crippen LogP contribution >= 0.6 is 27.3 Å². The molecule has 0 amide bonds. The third-order valence-corrected chi connectivity index (χ3v) is 4.60. The van der Waals surface area contributed by atoms with Gasteiger partial charge in [-0.05, 0) is 35.0 Å². The quantitative estimate of drug-likeness (QED) is 0.899. The molecule has 1 aromatic heterocycles. The number of halogens is 1. The molecule has 0 bridgehead atoms. The number of likely N-dealkylation sites (tertiary alicyclic amines) is 1. The van der Waals surface area contributed by atoms with Gasteiger partial charge in [-0.1, -0.05) is 6.92 Å². The maximum atomic E-state index is 6.14. The van der Waals surface area contributed by atoms with Crippen LogP contribution in [0.2, 0.25) is 0 Å². The number of likely N-dealkylation sites (N-methyl/N-ethyl adjacent to an activating group) is 1. The molecule has 2 heterocycles. The van der Waals surface area contributed by atoms with Crippen molar-refractivity contribution in [3.05, 3.63) is 20.8 Å². The van der Waals surface area contributed by atoms with E-state index >= 15 is 0 Å². The van der Waals surface area contributed by atoms with Crippen LogP contribution in [0.25, 0.3) is 0 Å². The minimum absolute atomic E-state index is 0.306. The highest BCUT2D eigenvalue weighted by molar-refractivity contribution is 9.10. The van der Waals surface area contributed by atoms with Crippen molar-refractivity contribution in [3.63, 3.8) is 0 Å². The van der Waals surface area contributed by atoms with Crippen molar-refractivity contribution in [3.8, 4) is 0 Å². The van der Waals surface area contributed by atoms with Gasteiger partial charge in [-0.25, -0.2) is 0 Å². The lowest BCUT2D eigenvalue weighted by atomic mass is 10.1. The summed E-state index contributed by atoms with van der Waals surface area (Å²) in [5.41, 5.74) is 6.14. The van der Waals surface area contributed by atoms with Crippen molar-refractivity contribution in [1.82, 2.24) is 4.90 Å². The first-order chi connectivity index (χ1) is 6.72. The molecule has 0 spiro atoms. The van der Waals surface area contributed by atoms with Crippen molar-refractivity contribution in [2.24, 2.45) is 5.73 Å². The minimum atomic E-state index is 0.306. The summed E-state index contributed by atoms with van der Waals surface area (Å²) in [6.45, 7) is 4.43. The van der Waals surface area contributed by atoms with E-state index in [1.54, 1.807) is 11.3 Å². The molecule has 0 aliphatic carbocycles. The molecule has 1 saturated heterocycles. The van der Waals surface area contributed by atoms with Crippen LogP contribution in [0.3, 0.4) is 0 Å². The zero-order valence-corrected chi connectivity index (χ0v) is 10.6. The molecular weight excluding hydrogens is 260 g/mol. The Balaban J connectivity index is 2.22. The van der Waals surface area contributed by atoms with E-state index in [0.717, 1.165) is 19.5 Å². The normalized spacial score (nSPS) is 28.5. The summed E-state index contributed by atoms with van der Waals surface area (Å²) < 4.78 is 1.17. The predicted molar refractivity (Wildman–Crippen MR) is 64.6 cm³/mol. The van der Waals surface area contributed by atoms with Gasteiger partial charge in [0.1, 0.15) is 0 Å². The Kier molecular flexibility index (Phi) is 3.27. The molecule has 0 radical (unpaired) electrons. The molecule has 1 fully saturated rings. The molecule has 0 aromatic carbocycles. The summed E-state index contributed by atoms with van der Waals surface area (Å²) in [4.78, 5) is 3.85. The number of nitrogens with zero attached hydrogens (tertiary/aromatic N) is 1. The molecule has 1 aliphatic heterocycles. The second kappa shape index (κ2) is 4.31. The molecular formula is C10H15BrN2S. The lowest BCUT2D eigenvalue weighted by Crippen LogP contribution is -2.30. The van der Waals surface area contributed by atoms with E-state index in [2.05, 4.69) is 39.2 Å². The summed E-state index contributed by atoms with van der Waals surface area (Å²) in [5, 5.41) is 2.13. The van der Waals surface area contributed by atoms with E-state index in [4.69, 9.17) is 5.73 Å². The molecule has 2 N–H and O–H groups in total. The summed E-state index contributed by atoms with van der Waals surface area (Å²) in [7, 11) is 0. The second-order valence-corrected chi connectivity index (χ2v) is 5.55. The van der Waals surface area contributed by atoms with Gasteiger partial charge < -0.3 is 5.73 Å². The van der Waals surface area contributed by atoms with Crippen molar-refractivity contribution < 1.29 is 0 Å². The molecule has 2 atom stereocenters. The van der Waals surface area contributed by atoms with Gasteiger partial charge >= 0.3 is 0 Å². The lowest BCUT2D eigenvalue weighted by molar-refractivity contribution is 0.264. The summed E-state index contributed by atoms with van der Waals surface area (Å²) in [6, 6.07) is 2.94. The van der Waals surface area contributed by atoms with Gasteiger partial charge in [0.05, 0.1) is 6.04 Å². The highest BCUT2D eigenvalue weighted by atomic mass is 79.9. The van der Waals surface area contributed by atoms with Gasteiger partial charge in [0, 0.05) is 27.3 Å². The van der Waals surface area contributed by atoms with Crippen LogP contribution in [-0.4, -0.2) is 24.0 Å². The molecule has 0 saturated carbocycles. The zero-order valence-electron chi connectivity index (χ0n) is 8.24. The SMILES string of the molecule is CCN1CCC(N)C1c1cc(Br)cs1. The monoisotopic (exact) mass is 274 g/mol. The third-order valence-electron chi connectivity index (χ3n) is 2.83. The van der Waals surface area contributed by atoms with Crippen molar-refractivity contribution in [1.29, 1.82) is 0 Å². The Labute approximate surface area is 97.2 Å². The first-order valence-corrected chi connectivity index (χ1v) is 6.63. The lowest BCUT2D eigenvalue weighted by Gasteiger charge is -2.24. The Morgan fingerprint density at radius 3 is 3.07 bits per heavy atom. The fourth-order valence-electron chi connectivity index (χ4n) is 2.11. The molecule has 2 unspecified atom stereocenters. The first-order valence-electron chi connectivity index (χ1n) is 4.96. The third kappa shape index (κ3) is 1.89. The Morgan fingerprint density at radius 1 is 1.71 bits per heavy atom. The maximum Gasteiger partial charge on any atom is 0.0594 e. The Hall–Kier alpha value is 0.1000. The number of rotatable bonds is 2. The van der Waals surface area contributed by atoms with Gasteiger partial charge in [-0.3, -0.25) is 4.90 Å². The molecule has 2 nitrogen and oxygen atoms in total. The van der Waals surface area contributed by atoms with Crippen LogP contribution in [-0.2, 0) is 0 Å². The second-order valence-electron chi connectivity index (χ2n) is 3.69. The van der Waals surface area contributed by atoms with Gasteiger partial charge in [0.25, 0.3) is 0 Å². The van der Waals surface area contributed by atoms with Crippen molar-refractivity contribution in [2.45, 2.75) is 25.4 Å². The van der Waals surface area contributed by atoms with Gasteiger partial charge in [0.15, 0.2) is 0 Å². The largest absolute Gasteiger partial charge is 0.326 e. The number of hydrogen-bond donors (Lipinski definition) is 1. The zero-order chi connectivity index (χ0) is 10.1. The average molecular weight is 275 g/mol. The van der Waals surface area contributed by atoms with E-state index in [1.807, 2.05) is 0 Å². The van der Waals surface area contributed by atoms with Gasteiger partial charge in [0.2, 0.25) is 0 Å². The van der Waals surface area contributed by atoms with Gasteiger partial charge in [-0.2, -0.15) is 0 Å². The number of hydrogen-bond acceptors (Lipinski definition) is 3. The highest BCUT2D eigenvalue weighted by Gasteiger charge is 2.32. The molecule has 78 valence electrons. The van der Waals surface area contributed by atoms with Crippen molar-refractivity contribution >= 4 is 27.3 Å². The van der Waals surface area contributed by atoms with Crippen LogP contribution in [0.4, 0.5) is 0 Å². The molecule has 2 rings (SSSR count). The van der Waals surface area contributed by atoms with Crippen molar-refractivity contribution in [2.75, 3.05) is 13.1 Å². The fourth-order valence-corrected chi connectivity index (χ4v) is 3.77. The van der Waals surface area contributed by atoms with Crippen LogP contribution in [0.1, 0.15) is 24.3 Å². The van der Waals surface area contributed by atoms with E-state index in [1.165, 1.54) is 9.35 Å². The maximum absolute atomic E-state index is 6.14. The van der Waals surface area contributed by atoms with Crippen LogP contribution in [0, 0.1) is 0 Å². The van der Waals surface area contributed by atoms with Crippen LogP contribution in [0.15, 0.2) is 15.9 Å². The molecule has 14 heavy (non-hydrogen) atoms. The topological polar surface area (TPSA) is 29.3 Å². The van der Waals surface area contributed by atoms with Crippen LogP contribution < -0.4 is 5.73 Å². The van der Waals surface area contributed by atoms with E-state index in [0.29, 0.717) is 12.1 Å². The molecule has 1 aromatic rings. The van der Waals surface area contributed by atoms with E-state index < -0.39 is 0 Å². The molecule has 1 aliphatic rings. The Bertz CT molecular complexity index is 313. The predicted octanol–water partition coefficient (Wildman–Crippen LogP) is 2.60. The Morgan fingerprint density at radius 2 is 2.50 bits per heavy atom. The number of thiophene rings is 1. The molecule has 4 heteroatoms. The summed E-state index contributed by atoms with van der Waals surface area (Å²) in [6.07, 6.45) is 1.12. The van der Waals surface area contributed by atoms with E-state index in [9.17, 15) is 0 Å². The highest BCUT2D eigenvalue weighted by Crippen LogP contribution is 2.35. The summed E-state index contributed by atoms with van der Waals surface area (Å²) >= 11 is 5.29. The smallest absolute Gasteiger partial charge is 0.0594 e. The average Bonchev–Trinajstić information content (AvgIpc) is 2.71. The van der Waals surface area contributed by atoms with Gasteiger partial charge in [-0.15, -0.1) is 11.3 Å². The fraction of sp³-hybridized carbons (Fsp3) is 0.600. The van der Waals surface area contributed by atoms with Crippen LogP contribution in [0.5, 0.6) is 0 Å².